The molecule has 1 aromatic heterocycles. The summed E-state index contributed by atoms with van der Waals surface area (Å²) in [5, 5.41) is 3.38. The lowest BCUT2D eigenvalue weighted by molar-refractivity contribution is -0.153. The summed E-state index contributed by atoms with van der Waals surface area (Å²) in [5.41, 5.74) is 1.03. The minimum Gasteiger partial charge on any atom is -0.484 e. The molecule has 2 heterocycles. The number of halogens is 3. The van der Waals surface area contributed by atoms with Crippen LogP contribution in [0, 0.1) is 0 Å². The molecule has 0 amide bonds. The molecule has 8 heteroatoms. The van der Waals surface area contributed by atoms with Gasteiger partial charge in [0, 0.05) is 45.6 Å². The minimum atomic E-state index is -4.32. The number of ether oxygens (including phenoxy) is 1. The maximum atomic E-state index is 12.2. The molecule has 25 heavy (non-hydrogen) atoms. The van der Waals surface area contributed by atoms with Gasteiger partial charge >= 0.3 is 6.18 Å². The van der Waals surface area contributed by atoms with Gasteiger partial charge in [-0.15, -0.1) is 0 Å². The lowest BCUT2D eigenvalue weighted by atomic mass is 10.1. The molecule has 3 rings (SSSR count). The quantitative estimate of drug-likeness (QED) is 0.896. The van der Waals surface area contributed by atoms with Gasteiger partial charge in [0.2, 0.25) is 0 Å². The molecule has 1 aromatic carbocycles. The summed E-state index contributed by atoms with van der Waals surface area (Å²) in [6.45, 7) is 2.03. The van der Waals surface area contributed by atoms with Gasteiger partial charge in [0.05, 0.1) is 6.04 Å². The normalized spacial score (nSPS) is 19.1. The smallest absolute Gasteiger partial charge is 0.422 e. The van der Waals surface area contributed by atoms with Gasteiger partial charge in [-0.25, -0.2) is 4.98 Å². The van der Waals surface area contributed by atoms with Crippen LogP contribution in [0.2, 0.25) is 0 Å². The standard InChI is InChI=1S/C17H21F3N4O/c1-23-8-7-22-16(23)15-10-21-6-9-24(15)11-13-2-4-14(5-3-13)25-12-17(18,19)20/h2-5,7-8,15,21H,6,9-12H2,1H3. The van der Waals surface area contributed by atoms with Crippen LogP contribution in [0.3, 0.4) is 0 Å². The van der Waals surface area contributed by atoms with Crippen LogP contribution in [0.5, 0.6) is 5.75 Å². The molecule has 136 valence electrons. The molecule has 1 fully saturated rings. The average molecular weight is 354 g/mol. The third kappa shape index (κ3) is 4.73. The fraction of sp³-hybridized carbons (Fsp3) is 0.471. The van der Waals surface area contributed by atoms with Crippen molar-refractivity contribution in [2.24, 2.45) is 7.05 Å². The number of aryl methyl sites for hydroxylation is 1. The van der Waals surface area contributed by atoms with Gasteiger partial charge in [0.1, 0.15) is 11.6 Å². The first-order valence-electron chi connectivity index (χ1n) is 8.13. The second-order valence-electron chi connectivity index (χ2n) is 6.13. The van der Waals surface area contributed by atoms with Crippen molar-refractivity contribution >= 4 is 0 Å². The molecule has 1 N–H and O–H groups in total. The van der Waals surface area contributed by atoms with Gasteiger partial charge in [-0.2, -0.15) is 13.2 Å². The van der Waals surface area contributed by atoms with Crippen LogP contribution in [0.25, 0.3) is 0 Å². The average Bonchev–Trinajstić information content (AvgIpc) is 3.00. The second kappa shape index (κ2) is 7.45. The zero-order valence-electron chi connectivity index (χ0n) is 14.0. The van der Waals surface area contributed by atoms with Gasteiger partial charge < -0.3 is 14.6 Å². The van der Waals surface area contributed by atoms with Crippen LogP contribution >= 0.6 is 0 Å². The molecule has 1 saturated heterocycles. The van der Waals surface area contributed by atoms with Crippen LogP contribution in [0.15, 0.2) is 36.7 Å². The molecular formula is C17H21F3N4O. The van der Waals surface area contributed by atoms with Gasteiger partial charge in [0.15, 0.2) is 6.61 Å². The highest BCUT2D eigenvalue weighted by atomic mass is 19.4. The van der Waals surface area contributed by atoms with Crippen molar-refractivity contribution in [2.75, 3.05) is 26.2 Å². The number of benzene rings is 1. The summed E-state index contributed by atoms with van der Waals surface area (Å²) >= 11 is 0. The zero-order valence-corrected chi connectivity index (χ0v) is 14.0. The highest BCUT2D eigenvalue weighted by Gasteiger charge is 2.29. The van der Waals surface area contributed by atoms with E-state index in [-0.39, 0.29) is 11.8 Å². The number of hydrogen-bond donors (Lipinski definition) is 1. The summed E-state index contributed by atoms with van der Waals surface area (Å²) in [7, 11) is 1.97. The Hall–Kier alpha value is -2.06. The first kappa shape index (κ1) is 17.8. The molecular weight excluding hydrogens is 333 g/mol. The third-order valence-corrected chi connectivity index (χ3v) is 4.22. The Labute approximate surface area is 144 Å². The van der Waals surface area contributed by atoms with Crippen molar-refractivity contribution in [3.8, 4) is 5.75 Å². The van der Waals surface area contributed by atoms with Crippen molar-refractivity contribution in [3.63, 3.8) is 0 Å². The SMILES string of the molecule is Cn1ccnc1C1CNCCN1Cc1ccc(OCC(F)(F)F)cc1. The van der Waals surface area contributed by atoms with Gasteiger partial charge in [-0.1, -0.05) is 12.1 Å². The molecule has 0 saturated carbocycles. The summed E-state index contributed by atoms with van der Waals surface area (Å²) < 4.78 is 43.3. The summed E-state index contributed by atoms with van der Waals surface area (Å²) in [4.78, 5) is 6.77. The Morgan fingerprint density at radius 1 is 1.28 bits per heavy atom. The molecule has 1 aliphatic heterocycles. The van der Waals surface area contributed by atoms with Crippen LogP contribution in [-0.4, -0.2) is 46.9 Å². The molecule has 5 nitrogen and oxygen atoms in total. The Morgan fingerprint density at radius 3 is 2.68 bits per heavy atom. The number of piperazine rings is 1. The molecule has 2 aromatic rings. The van der Waals surface area contributed by atoms with Gasteiger partial charge in [-0.05, 0) is 17.7 Å². The van der Waals surface area contributed by atoms with E-state index in [1.54, 1.807) is 18.3 Å². The van der Waals surface area contributed by atoms with Crippen LogP contribution < -0.4 is 10.1 Å². The highest BCUT2D eigenvalue weighted by Crippen LogP contribution is 2.24. The van der Waals surface area contributed by atoms with Crippen molar-refractivity contribution in [1.29, 1.82) is 0 Å². The van der Waals surface area contributed by atoms with E-state index in [1.165, 1.54) is 0 Å². The number of nitrogens with one attached hydrogen (secondary N) is 1. The second-order valence-corrected chi connectivity index (χ2v) is 6.13. The Bertz CT molecular complexity index is 684. The number of hydrogen-bond acceptors (Lipinski definition) is 4. The Kier molecular flexibility index (Phi) is 5.29. The fourth-order valence-electron chi connectivity index (χ4n) is 2.98. The molecule has 0 bridgehead atoms. The number of imidazole rings is 1. The van der Waals surface area contributed by atoms with Gasteiger partial charge in [-0.3, -0.25) is 4.90 Å². The summed E-state index contributed by atoms with van der Waals surface area (Å²) in [6, 6.07) is 6.94. The molecule has 0 aliphatic carbocycles. The monoisotopic (exact) mass is 354 g/mol. The lowest BCUT2D eigenvalue weighted by Gasteiger charge is -2.35. The maximum Gasteiger partial charge on any atom is 0.422 e. The van der Waals surface area contributed by atoms with Crippen molar-refractivity contribution in [1.82, 2.24) is 19.8 Å². The number of rotatable bonds is 5. The molecule has 1 unspecified atom stereocenters. The van der Waals surface area contributed by atoms with E-state index in [4.69, 9.17) is 4.74 Å². The summed E-state index contributed by atoms with van der Waals surface area (Å²) in [5.74, 6) is 1.22. The predicted octanol–water partition coefficient (Wildman–Crippen LogP) is 2.51. The first-order valence-corrected chi connectivity index (χ1v) is 8.13. The van der Waals surface area contributed by atoms with E-state index in [2.05, 4.69) is 15.2 Å². The Morgan fingerprint density at radius 2 is 2.04 bits per heavy atom. The Balaban J connectivity index is 1.65. The third-order valence-electron chi connectivity index (χ3n) is 4.22. The zero-order chi connectivity index (χ0) is 17.9. The molecule has 0 spiro atoms. The topological polar surface area (TPSA) is 42.3 Å². The lowest BCUT2D eigenvalue weighted by Crippen LogP contribution is -2.46. The predicted molar refractivity (Wildman–Crippen MR) is 87.2 cm³/mol. The van der Waals surface area contributed by atoms with E-state index in [0.29, 0.717) is 6.54 Å². The van der Waals surface area contributed by atoms with Crippen LogP contribution in [0.1, 0.15) is 17.4 Å². The van der Waals surface area contributed by atoms with E-state index < -0.39 is 12.8 Å². The molecule has 0 radical (unpaired) electrons. The number of nitrogens with zero attached hydrogens (tertiary/aromatic N) is 3. The number of alkyl halides is 3. The molecule has 1 atom stereocenters. The van der Waals surface area contributed by atoms with Crippen molar-refractivity contribution in [3.05, 3.63) is 48.0 Å². The number of aromatic nitrogens is 2. The van der Waals surface area contributed by atoms with Gasteiger partial charge in [0.25, 0.3) is 0 Å². The van der Waals surface area contributed by atoms with E-state index in [9.17, 15) is 13.2 Å². The van der Waals surface area contributed by atoms with Crippen molar-refractivity contribution < 1.29 is 17.9 Å². The molecule has 1 aliphatic rings. The van der Waals surface area contributed by atoms with Crippen LogP contribution in [-0.2, 0) is 13.6 Å². The van der Waals surface area contributed by atoms with E-state index in [1.807, 2.05) is 29.9 Å². The minimum absolute atomic E-state index is 0.162. The van der Waals surface area contributed by atoms with Crippen LogP contribution in [0.4, 0.5) is 13.2 Å². The largest absolute Gasteiger partial charge is 0.484 e. The van der Waals surface area contributed by atoms with E-state index in [0.717, 1.165) is 31.0 Å². The fourth-order valence-corrected chi connectivity index (χ4v) is 2.98. The summed E-state index contributed by atoms with van der Waals surface area (Å²) in [6.07, 6.45) is -0.613. The maximum absolute atomic E-state index is 12.2. The van der Waals surface area contributed by atoms with Crippen molar-refractivity contribution in [2.45, 2.75) is 18.8 Å². The first-order chi connectivity index (χ1) is 11.9. The van der Waals surface area contributed by atoms with E-state index >= 15 is 0 Å². The highest BCUT2D eigenvalue weighted by molar-refractivity contribution is 5.27.